The zero-order valence-corrected chi connectivity index (χ0v) is 14.1. The lowest BCUT2D eigenvalue weighted by Crippen LogP contribution is -2.11. The molecular formula is C20H17N3O3. The van der Waals surface area contributed by atoms with Gasteiger partial charge in [0.05, 0.1) is 7.11 Å². The smallest absolute Gasteiger partial charge is 0.287 e. The van der Waals surface area contributed by atoms with Gasteiger partial charge in [-0.15, -0.1) is 5.11 Å². The van der Waals surface area contributed by atoms with E-state index in [9.17, 15) is 9.59 Å². The quantitative estimate of drug-likeness (QED) is 0.832. The Bertz CT molecular complexity index is 883. The predicted molar refractivity (Wildman–Crippen MR) is 98.8 cm³/mol. The summed E-state index contributed by atoms with van der Waals surface area (Å²) in [7, 11) is 1.60. The molecule has 26 heavy (non-hydrogen) atoms. The average Bonchev–Trinajstić information content (AvgIpc) is 2.68. The van der Waals surface area contributed by atoms with E-state index in [4.69, 9.17) is 4.74 Å². The number of azo groups is 1. The van der Waals surface area contributed by atoms with Gasteiger partial charge in [-0.1, -0.05) is 30.3 Å². The highest BCUT2D eigenvalue weighted by molar-refractivity contribution is 6.02. The molecule has 0 saturated carbocycles. The van der Waals surface area contributed by atoms with Crippen LogP contribution in [0.25, 0.3) is 6.08 Å². The number of nitrogens with one attached hydrogen (secondary N) is 1. The highest BCUT2D eigenvalue weighted by Crippen LogP contribution is 2.28. The second-order valence-electron chi connectivity index (χ2n) is 5.54. The third kappa shape index (κ3) is 4.30. The standard InChI is InChI=1S/C20H17N3O3/c1-26-15-9-6-14(7-10-15)8-12-19(24)21-17-5-3-2-4-16(17)18-11-13-20(25)23-22-18/h2-13,18H,1H3,(H,21,24)/b12-8+. The number of carbonyl (C=O) groups is 2. The van der Waals surface area contributed by atoms with Crippen molar-refractivity contribution < 1.29 is 14.3 Å². The summed E-state index contributed by atoms with van der Waals surface area (Å²) < 4.78 is 5.10. The fraction of sp³-hybridized carbons (Fsp3) is 0.100. The van der Waals surface area contributed by atoms with Crippen LogP contribution < -0.4 is 10.1 Å². The normalized spacial score (nSPS) is 16.0. The Morgan fingerprint density at radius 2 is 1.92 bits per heavy atom. The van der Waals surface area contributed by atoms with E-state index in [-0.39, 0.29) is 11.8 Å². The third-order valence-electron chi connectivity index (χ3n) is 3.78. The maximum absolute atomic E-state index is 12.2. The lowest BCUT2D eigenvalue weighted by Gasteiger charge is -2.14. The molecule has 0 fully saturated rings. The maximum atomic E-state index is 12.2. The van der Waals surface area contributed by atoms with E-state index in [1.54, 1.807) is 25.3 Å². The number of benzene rings is 2. The summed E-state index contributed by atoms with van der Waals surface area (Å²) in [6.45, 7) is 0. The van der Waals surface area contributed by atoms with E-state index in [2.05, 4.69) is 15.5 Å². The Morgan fingerprint density at radius 1 is 1.15 bits per heavy atom. The maximum Gasteiger partial charge on any atom is 0.287 e. The van der Waals surface area contributed by atoms with Crippen molar-refractivity contribution in [2.24, 2.45) is 10.2 Å². The summed E-state index contributed by atoms with van der Waals surface area (Å²) in [5.41, 5.74) is 2.28. The highest BCUT2D eigenvalue weighted by Gasteiger charge is 2.16. The van der Waals surface area contributed by atoms with E-state index >= 15 is 0 Å². The molecule has 1 N–H and O–H groups in total. The summed E-state index contributed by atoms with van der Waals surface area (Å²) in [6.07, 6.45) is 6.21. The number of hydrogen-bond donors (Lipinski definition) is 1. The molecule has 1 heterocycles. The zero-order valence-electron chi connectivity index (χ0n) is 14.1. The van der Waals surface area contributed by atoms with Crippen molar-refractivity contribution in [1.29, 1.82) is 0 Å². The van der Waals surface area contributed by atoms with E-state index < -0.39 is 6.04 Å². The Kier molecular flexibility index (Phi) is 5.34. The molecule has 0 bridgehead atoms. The number of para-hydroxylation sites is 1. The highest BCUT2D eigenvalue weighted by atomic mass is 16.5. The number of methoxy groups -OCH3 is 1. The van der Waals surface area contributed by atoms with E-state index in [1.807, 2.05) is 42.5 Å². The first-order chi connectivity index (χ1) is 12.7. The van der Waals surface area contributed by atoms with Crippen molar-refractivity contribution in [3.8, 4) is 5.75 Å². The van der Waals surface area contributed by atoms with E-state index in [1.165, 1.54) is 12.2 Å². The minimum absolute atomic E-state index is 0.263. The number of hydrogen-bond acceptors (Lipinski definition) is 4. The number of carbonyl (C=O) groups excluding carboxylic acids is 2. The van der Waals surface area contributed by atoms with Crippen molar-refractivity contribution in [2.45, 2.75) is 6.04 Å². The van der Waals surface area contributed by atoms with Crippen molar-refractivity contribution in [2.75, 3.05) is 12.4 Å². The number of rotatable bonds is 5. The number of ether oxygens (including phenoxy) is 1. The van der Waals surface area contributed by atoms with Crippen LogP contribution in [0.1, 0.15) is 17.2 Å². The second-order valence-corrected chi connectivity index (χ2v) is 5.54. The summed E-state index contributed by atoms with van der Waals surface area (Å²) >= 11 is 0. The fourth-order valence-corrected chi connectivity index (χ4v) is 2.46. The summed E-state index contributed by atoms with van der Waals surface area (Å²) in [4.78, 5) is 23.4. The van der Waals surface area contributed by atoms with Crippen LogP contribution in [-0.4, -0.2) is 18.9 Å². The van der Waals surface area contributed by atoms with Crippen molar-refractivity contribution in [3.63, 3.8) is 0 Å². The molecule has 0 saturated heterocycles. The second kappa shape index (κ2) is 8.02. The molecule has 2 amide bonds. The van der Waals surface area contributed by atoms with Crippen LogP contribution in [0.5, 0.6) is 5.75 Å². The molecule has 6 heteroatoms. The molecule has 0 aromatic heterocycles. The number of anilines is 1. The van der Waals surface area contributed by atoms with Crippen LogP contribution in [0.4, 0.5) is 5.69 Å². The van der Waals surface area contributed by atoms with Crippen LogP contribution in [-0.2, 0) is 9.59 Å². The van der Waals surface area contributed by atoms with Crippen LogP contribution in [0.3, 0.4) is 0 Å². The molecule has 130 valence electrons. The molecule has 1 aliphatic rings. The lowest BCUT2D eigenvalue weighted by atomic mass is 10.0. The van der Waals surface area contributed by atoms with Gasteiger partial charge >= 0.3 is 0 Å². The molecule has 1 unspecified atom stereocenters. The monoisotopic (exact) mass is 347 g/mol. The Morgan fingerprint density at radius 3 is 2.62 bits per heavy atom. The fourth-order valence-electron chi connectivity index (χ4n) is 2.46. The van der Waals surface area contributed by atoms with Gasteiger partial charge in [0.2, 0.25) is 5.91 Å². The molecule has 0 radical (unpaired) electrons. The van der Waals surface area contributed by atoms with Crippen LogP contribution in [0.2, 0.25) is 0 Å². The molecule has 0 aliphatic carbocycles. The average molecular weight is 347 g/mol. The van der Waals surface area contributed by atoms with Crippen molar-refractivity contribution in [3.05, 3.63) is 77.9 Å². The molecule has 2 aromatic carbocycles. The van der Waals surface area contributed by atoms with E-state index in [0.29, 0.717) is 5.69 Å². The van der Waals surface area contributed by atoms with Gasteiger partial charge in [-0.05, 0) is 35.9 Å². The van der Waals surface area contributed by atoms with Gasteiger partial charge in [0.1, 0.15) is 11.8 Å². The molecule has 1 aliphatic heterocycles. The van der Waals surface area contributed by atoms with Gasteiger partial charge in [-0.25, -0.2) is 0 Å². The Balaban J connectivity index is 1.71. The van der Waals surface area contributed by atoms with Crippen LogP contribution in [0, 0.1) is 0 Å². The minimum Gasteiger partial charge on any atom is -0.497 e. The Hall–Kier alpha value is -3.54. The van der Waals surface area contributed by atoms with Crippen LogP contribution in [0.15, 0.2) is 77.0 Å². The number of nitrogens with zero attached hydrogens (tertiary/aromatic N) is 2. The summed E-state index contributed by atoms with van der Waals surface area (Å²) in [5, 5.41) is 10.4. The van der Waals surface area contributed by atoms with Crippen LogP contribution >= 0.6 is 0 Å². The van der Waals surface area contributed by atoms with Gasteiger partial charge in [0.15, 0.2) is 0 Å². The molecule has 3 rings (SSSR count). The first-order valence-electron chi connectivity index (χ1n) is 8.01. The third-order valence-corrected chi connectivity index (χ3v) is 3.78. The molecule has 6 nitrogen and oxygen atoms in total. The predicted octanol–water partition coefficient (Wildman–Crippen LogP) is 3.94. The zero-order chi connectivity index (χ0) is 18.4. The van der Waals surface area contributed by atoms with Crippen molar-refractivity contribution >= 4 is 23.6 Å². The van der Waals surface area contributed by atoms with Gasteiger partial charge in [-0.2, -0.15) is 5.11 Å². The first-order valence-corrected chi connectivity index (χ1v) is 8.01. The minimum atomic E-state index is -0.394. The van der Waals surface area contributed by atoms with Gasteiger partial charge in [0.25, 0.3) is 5.91 Å². The van der Waals surface area contributed by atoms with Gasteiger partial charge < -0.3 is 10.1 Å². The van der Waals surface area contributed by atoms with Gasteiger partial charge in [-0.3, -0.25) is 9.59 Å². The molecule has 0 spiro atoms. The summed E-state index contributed by atoms with van der Waals surface area (Å²) in [5.74, 6) is 0.111. The van der Waals surface area contributed by atoms with Crippen molar-refractivity contribution in [1.82, 2.24) is 0 Å². The molecule has 2 aromatic rings. The molecular weight excluding hydrogens is 330 g/mol. The number of amides is 2. The Labute approximate surface area is 150 Å². The SMILES string of the molecule is COc1ccc(/C=C/C(=O)Nc2ccccc2C2C=CC(=O)N=N2)cc1. The van der Waals surface area contributed by atoms with Gasteiger partial charge in [0, 0.05) is 23.4 Å². The van der Waals surface area contributed by atoms with E-state index in [0.717, 1.165) is 16.9 Å². The topological polar surface area (TPSA) is 80.1 Å². The molecule has 1 atom stereocenters. The lowest BCUT2D eigenvalue weighted by molar-refractivity contribution is -0.114. The first kappa shape index (κ1) is 17.3. The largest absolute Gasteiger partial charge is 0.497 e. The summed E-state index contributed by atoms with van der Waals surface area (Å²) in [6, 6.07) is 14.3.